The maximum Gasteiger partial charge on any atom is 0.199 e. The van der Waals surface area contributed by atoms with E-state index in [1.54, 1.807) is 0 Å². The van der Waals surface area contributed by atoms with Crippen molar-refractivity contribution in [2.24, 2.45) is 0 Å². The first kappa shape index (κ1) is 9.60. The van der Waals surface area contributed by atoms with Crippen molar-refractivity contribution in [1.29, 1.82) is 0 Å². The van der Waals surface area contributed by atoms with Gasteiger partial charge in [0.05, 0.1) is 6.20 Å². The van der Waals surface area contributed by atoms with Gasteiger partial charge >= 0.3 is 0 Å². The summed E-state index contributed by atoms with van der Waals surface area (Å²) < 4.78 is 5.80. The van der Waals surface area contributed by atoms with Crippen molar-refractivity contribution in [3.8, 4) is 11.3 Å². The number of nitrogens with one attached hydrogen (secondary N) is 1. The number of hydrogen-bond acceptors (Lipinski definition) is 3. The van der Waals surface area contributed by atoms with Crippen LogP contribution in [0, 0.1) is 0 Å². The van der Waals surface area contributed by atoms with E-state index < -0.39 is 0 Å². The highest BCUT2D eigenvalue weighted by Gasteiger charge is 2.21. The van der Waals surface area contributed by atoms with E-state index in [-0.39, 0.29) is 0 Å². The molecule has 3 rings (SSSR count). The fourth-order valence-corrected chi connectivity index (χ4v) is 2.08. The zero-order valence-corrected chi connectivity index (χ0v) is 9.02. The Morgan fingerprint density at radius 3 is 2.88 bits per heavy atom. The molecule has 82 valence electrons. The normalized spacial score (nSPS) is 20.1. The lowest BCUT2D eigenvalue weighted by Crippen LogP contribution is -2.07. The van der Waals surface area contributed by atoms with Crippen molar-refractivity contribution >= 4 is 0 Å². The van der Waals surface area contributed by atoms with Gasteiger partial charge < -0.3 is 9.73 Å². The summed E-state index contributed by atoms with van der Waals surface area (Å²) in [7, 11) is 0. The highest BCUT2D eigenvalue weighted by Crippen LogP contribution is 2.26. The lowest BCUT2D eigenvalue weighted by molar-refractivity contribution is 0.467. The number of oxazole rings is 1. The molecule has 1 unspecified atom stereocenters. The monoisotopic (exact) mass is 214 g/mol. The highest BCUT2D eigenvalue weighted by molar-refractivity contribution is 5.55. The minimum atomic E-state index is 0.442. The first-order valence-electron chi connectivity index (χ1n) is 5.65. The molecule has 0 radical (unpaired) electrons. The summed E-state index contributed by atoms with van der Waals surface area (Å²) in [5, 5.41) is 3.32. The second-order valence-electron chi connectivity index (χ2n) is 4.12. The number of rotatable bonds is 2. The third-order valence-electron chi connectivity index (χ3n) is 2.99. The van der Waals surface area contributed by atoms with Crippen molar-refractivity contribution < 1.29 is 4.42 Å². The van der Waals surface area contributed by atoms with E-state index in [2.05, 4.69) is 10.3 Å². The van der Waals surface area contributed by atoms with Gasteiger partial charge in [-0.1, -0.05) is 30.3 Å². The molecule has 1 aliphatic heterocycles. The molecule has 0 bridgehead atoms. The van der Waals surface area contributed by atoms with E-state index in [4.69, 9.17) is 4.42 Å². The molecule has 1 aromatic heterocycles. The van der Waals surface area contributed by atoms with Gasteiger partial charge in [-0.25, -0.2) is 4.98 Å². The number of hydrogen-bond donors (Lipinski definition) is 1. The van der Waals surface area contributed by atoms with Crippen LogP contribution in [-0.4, -0.2) is 18.1 Å². The largest absolute Gasteiger partial charge is 0.440 e. The Hall–Kier alpha value is -1.61. The van der Waals surface area contributed by atoms with E-state index in [0.717, 1.165) is 36.7 Å². The molecule has 3 nitrogen and oxygen atoms in total. The second-order valence-corrected chi connectivity index (χ2v) is 4.12. The molecular formula is C13H14N2O. The van der Waals surface area contributed by atoms with E-state index in [0.29, 0.717) is 5.92 Å². The Kier molecular flexibility index (Phi) is 2.46. The Bertz CT molecular complexity index is 458. The van der Waals surface area contributed by atoms with Crippen LogP contribution in [0.3, 0.4) is 0 Å². The Labute approximate surface area is 94.5 Å². The summed E-state index contributed by atoms with van der Waals surface area (Å²) in [5.41, 5.74) is 1.09. The van der Waals surface area contributed by atoms with Crippen LogP contribution in [0.5, 0.6) is 0 Å². The topological polar surface area (TPSA) is 38.1 Å². The number of nitrogens with zero attached hydrogens (tertiary/aromatic N) is 1. The van der Waals surface area contributed by atoms with Crippen molar-refractivity contribution in [2.75, 3.05) is 13.1 Å². The van der Waals surface area contributed by atoms with Crippen molar-refractivity contribution in [3.63, 3.8) is 0 Å². The number of benzene rings is 1. The smallest absolute Gasteiger partial charge is 0.199 e. The van der Waals surface area contributed by atoms with Crippen molar-refractivity contribution in [1.82, 2.24) is 10.3 Å². The van der Waals surface area contributed by atoms with Crippen LogP contribution in [0.25, 0.3) is 11.3 Å². The van der Waals surface area contributed by atoms with Crippen LogP contribution in [0.2, 0.25) is 0 Å². The zero-order valence-electron chi connectivity index (χ0n) is 9.02. The minimum absolute atomic E-state index is 0.442. The summed E-state index contributed by atoms with van der Waals surface area (Å²) in [6.07, 6.45) is 2.94. The Morgan fingerprint density at radius 2 is 2.12 bits per heavy atom. The standard InChI is InChI=1S/C13H14N2O/c1-2-4-10(5-3-1)12-9-15-13(16-12)11-6-7-14-8-11/h1-5,9,11,14H,6-8H2. The molecule has 0 amide bonds. The lowest BCUT2D eigenvalue weighted by atomic mass is 10.1. The molecule has 2 aromatic rings. The molecule has 1 fully saturated rings. The summed E-state index contributed by atoms with van der Waals surface area (Å²) in [4.78, 5) is 4.37. The molecule has 1 aliphatic rings. The van der Waals surface area contributed by atoms with Gasteiger partial charge in [0, 0.05) is 18.0 Å². The predicted octanol–water partition coefficient (Wildman–Crippen LogP) is 2.42. The summed E-state index contributed by atoms with van der Waals surface area (Å²) >= 11 is 0. The summed E-state index contributed by atoms with van der Waals surface area (Å²) in [6.45, 7) is 2.04. The second kappa shape index (κ2) is 4.10. The molecule has 3 heteroatoms. The Morgan fingerprint density at radius 1 is 1.25 bits per heavy atom. The third-order valence-corrected chi connectivity index (χ3v) is 2.99. The van der Waals surface area contributed by atoms with Gasteiger partial charge in [-0.05, 0) is 13.0 Å². The molecule has 1 atom stereocenters. The van der Waals surface area contributed by atoms with Crippen molar-refractivity contribution in [3.05, 3.63) is 42.4 Å². The van der Waals surface area contributed by atoms with E-state index in [1.165, 1.54) is 0 Å². The van der Waals surface area contributed by atoms with Gasteiger partial charge in [0.25, 0.3) is 0 Å². The first-order chi connectivity index (χ1) is 7.93. The molecule has 1 saturated heterocycles. The molecule has 16 heavy (non-hydrogen) atoms. The predicted molar refractivity (Wildman–Crippen MR) is 62.2 cm³/mol. The lowest BCUT2D eigenvalue weighted by Gasteiger charge is -2.01. The van der Waals surface area contributed by atoms with Gasteiger partial charge in [-0.3, -0.25) is 0 Å². The molecule has 2 heterocycles. The Balaban J connectivity index is 1.87. The van der Waals surface area contributed by atoms with Gasteiger partial charge in [-0.2, -0.15) is 0 Å². The highest BCUT2D eigenvalue weighted by atomic mass is 16.4. The van der Waals surface area contributed by atoms with Gasteiger partial charge in [0.15, 0.2) is 11.7 Å². The van der Waals surface area contributed by atoms with E-state index in [9.17, 15) is 0 Å². The summed E-state index contributed by atoms with van der Waals surface area (Å²) in [5.74, 6) is 2.17. The average Bonchev–Trinajstić information content (AvgIpc) is 3.01. The third kappa shape index (κ3) is 1.74. The average molecular weight is 214 g/mol. The van der Waals surface area contributed by atoms with E-state index >= 15 is 0 Å². The van der Waals surface area contributed by atoms with Crippen LogP contribution < -0.4 is 5.32 Å². The maximum absolute atomic E-state index is 5.80. The van der Waals surface area contributed by atoms with Gasteiger partial charge in [0.2, 0.25) is 0 Å². The molecular weight excluding hydrogens is 200 g/mol. The first-order valence-corrected chi connectivity index (χ1v) is 5.65. The fraction of sp³-hybridized carbons (Fsp3) is 0.308. The minimum Gasteiger partial charge on any atom is -0.440 e. The SMILES string of the molecule is c1ccc(-c2cnc(C3CCNC3)o2)cc1. The molecule has 1 aromatic carbocycles. The van der Waals surface area contributed by atoms with Crippen LogP contribution >= 0.6 is 0 Å². The van der Waals surface area contributed by atoms with Crippen LogP contribution in [-0.2, 0) is 0 Å². The molecule has 0 saturated carbocycles. The van der Waals surface area contributed by atoms with Crippen LogP contribution in [0.4, 0.5) is 0 Å². The quantitative estimate of drug-likeness (QED) is 0.834. The molecule has 0 aliphatic carbocycles. The van der Waals surface area contributed by atoms with Gasteiger partial charge in [0.1, 0.15) is 0 Å². The van der Waals surface area contributed by atoms with Gasteiger partial charge in [-0.15, -0.1) is 0 Å². The van der Waals surface area contributed by atoms with Crippen LogP contribution in [0.1, 0.15) is 18.2 Å². The molecule has 0 spiro atoms. The summed E-state index contributed by atoms with van der Waals surface area (Å²) in [6, 6.07) is 10.1. The number of aromatic nitrogens is 1. The molecule has 1 N–H and O–H groups in total. The van der Waals surface area contributed by atoms with E-state index in [1.807, 2.05) is 36.5 Å². The van der Waals surface area contributed by atoms with Crippen molar-refractivity contribution in [2.45, 2.75) is 12.3 Å². The maximum atomic E-state index is 5.80. The van der Waals surface area contributed by atoms with Crippen LogP contribution in [0.15, 0.2) is 40.9 Å². The fourth-order valence-electron chi connectivity index (χ4n) is 2.08. The zero-order chi connectivity index (χ0) is 10.8.